The van der Waals surface area contributed by atoms with Gasteiger partial charge in [0.05, 0.1) is 14.2 Å². The number of fused-ring (bicyclic) bond motifs is 2. The molecule has 0 amide bonds. The number of rotatable bonds is 10. The summed E-state index contributed by atoms with van der Waals surface area (Å²) in [6.45, 7) is 6.70. The van der Waals surface area contributed by atoms with Crippen LogP contribution in [0.3, 0.4) is 0 Å². The first-order valence-corrected chi connectivity index (χ1v) is 12.5. The van der Waals surface area contributed by atoms with Gasteiger partial charge in [0, 0.05) is 6.42 Å². The first kappa shape index (κ1) is 24.5. The van der Waals surface area contributed by atoms with Gasteiger partial charge in [0.1, 0.15) is 34.2 Å². The molecule has 184 valence electrons. The molecule has 3 aromatic rings. The van der Waals surface area contributed by atoms with E-state index in [4.69, 9.17) is 14.5 Å². The number of H-pyrrole nitrogens is 1. The summed E-state index contributed by atoms with van der Waals surface area (Å²) in [5, 5.41) is 0. The van der Waals surface area contributed by atoms with Crippen LogP contribution in [0, 0.1) is 17.7 Å². The van der Waals surface area contributed by atoms with Crippen LogP contribution in [0.15, 0.2) is 30.3 Å². The molecule has 1 aliphatic rings. The lowest BCUT2D eigenvalue weighted by atomic mass is 9.69. The molecule has 1 aliphatic carbocycles. The van der Waals surface area contributed by atoms with Crippen LogP contribution in [0.2, 0.25) is 0 Å². The summed E-state index contributed by atoms with van der Waals surface area (Å²) in [5.74, 6) is 4.11. The van der Waals surface area contributed by atoms with Crippen molar-refractivity contribution >= 4 is 11.0 Å². The zero-order chi connectivity index (χ0) is 24.2. The Balaban J connectivity index is 1.31. The number of nitrogens with zero attached hydrogens (tertiary/aromatic N) is 2. The fourth-order valence-electron chi connectivity index (χ4n) is 5.68. The molecular weight excluding hydrogens is 429 g/mol. The quantitative estimate of drug-likeness (QED) is 0.399. The second-order valence-corrected chi connectivity index (χ2v) is 9.98. The topological polar surface area (TPSA) is 50.4 Å². The van der Waals surface area contributed by atoms with E-state index in [1.165, 1.54) is 17.5 Å². The van der Waals surface area contributed by atoms with Gasteiger partial charge in [-0.3, -0.25) is 0 Å². The third-order valence-corrected chi connectivity index (χ3v) is 7.37. The Morgan fingerprint density at radius 2 is 1.88 bits per heavy atom. The lowest BCUT2D eigenvalue weighted by molar-refractivity contribution is 0.238. The van der Waals surface area contributed by atoms with Crippen molar-refractivity contribution < 1.29 is 13.9 Å². The van der Waals surface area contributed by atoms with Gasteiger partial charge in [-0.2, -0.15) is 0 Å². The van der Waals surface area contributed by atoms with Crippen molar-refractivity contribution in [3.8, 4) is 11.5 Å². The lowest BCUT2D eigenvalue weighted by Gasteiger charge is -2.37. The van der Waals surface area contributed by atoms with E-state index in [1.54, 1.807) is 26.4 Å². The number of halogens is 1. The Morgan fingerprint density at radius 3 is 2.62 bits per heavy atom. The van der Waals surface area contributed by atoms with Crippen LogP contribution in [0.25, 0.3) is 11.0 Å². The summed E-state index contributed by atoms with van der Waals surface area (Å²) in [6, 6.07) is 9.20. The standard InChI is InChI=1S/C28H38FN3O2/c1-18(2)26-19(8-9-20-17-21(29)10-11-22(20)26)14-16-32(3)15-6-7-25-30-27-23(33-4)12-13-24(34-5)28(27)31-25/h10-13,17-19,26H,6-9,14-16H2,1-5H3,(H,30,31). The number of aromatic nitrogens is 2. The molecule has 6 heteroatoms. The molecule has 0 saturated heterocycles. The van der Waals surface area contributed by atoms with Crippen LogP contribution < -0.4 is 9.47 Å². The number of aromatic amines is 1. The second-order valence-electron chi connectivity index (χ2n) is 9.98. The number of imidazole rings is 1. The maximum Gasteiger partial charge on any atom is 0.146 e. The highest BCUT2D eigenvalue weighted by Gasteiger charge is 2.31. The predicted molar refractivity (Wildman–Crippen MR) is 135 cm³/mol. The van der Waals surface area contributed by atoms with Gasteiger partial charge in [-0.25, -0.2) is 9.37 Å². The number of aryl methyl sites for hydroxylation is 2. The van der Waals surface area contributed by atoms with E-state index in [9.17, 15) is 4.39 Å². The molecule has 2 aromatic carbocycles. The molecule has 2 unspecified atom stereocenters. The van der Waals surface area contributed by atoms with Gasteiger partial charge < -0.3 is 19.4 Å². The molecule has 1 aromatic heterocycles. The van der Waals surface area contributed by atoms with E-state index in [-0.39, 0.29) is 5.82 Å². The minimum Gasteiger partial charge on any atom is -0.494 e. The molecule has 2 atom stereocenters. The molecule has 4 rings (SSSR count). The summed E-state index contributed by atoms with van der Waals surface area (Å²) in [4.78, 5) is 10.6. The van der Waals surface area contributed by atoms with E-state index in [1.807, 2.05) is 18.2 Å². The Labute approximate surface area is 202 Å². The molecule has 1 heterocycles. The summed E-state index contributed by atoms with van der Waals surface area (Å²) in [7, 11) is 5.54. The smallest absolute Gasteiger partial charge is 0.146 e. The van der Waals surface area contributed by atoms with Crippen molar-refractivity contribution in [3.63, 3.8) is 0 Å². The maximum atomic E-state index is 13.7. The third-order valence-electron chi connectivity index (χ3n) is 7.37. The SMILES string of the molecule is COc1ccc(OC)c2[nH]c(CCCN(C)CCC3CCc4cc(F)ccc4C3C(C)C)nc12. The van der Waals surface area contributed by atoms with Crippen LogP contribution in [0.4, 0.5) is 4.39 Å². The molecule has 0 spiro atoms. The maximum absolute atomic E-state index is 13.7. The minimum atomic E-state index is -0.110. The van der Waals surface area contributed by atoms with Crippen molar-refractivity contribution in [2.24, 2.45) is 11.8 Å². The van der Waals surface area contributed by atoms with Crippen LogP contribution in [-0.2, 0) is 12.8 Å². The second kappa shape index (κ2) is 10.8. The average Bonchev–Trinajstić information content (AvgIpc) is 3.25. The van der Waals surface area contributed by atoms with E-state index in [2.05, 4.69) is 30.8 Å². The number of hydrogen-bond donors (Lipinski definition) is 1. The van der Waals surface area contributed by atoms with Gasteiger partial charge >= 0.3 is 0 Å². The van der Waals surface area contributed by atoms with Crippen LogP contribution in [-0.4, -0.2) is 49.2 Å². The number of hydrogen-bond acceptors (Lipinski definition) is 4. The van der Waals surface area contributed by atoms with Gasteiger partial charge in [-0.15, -0.1) is 0 Å². The number of benzene rings is 2. The normalized spacial score (nSPS) is 18.0. The van der Waals surface area contributed by atoms with Crippen LogP contribution in [0.1, 0.15) is 56.0 Å². The Morgan fingerprint density at radius 1 is 1.12 bits per heavy atom. The Hall–Kier alpha value is -2.60. The molecule has 34 heavy (non-hydrogen) atoms. The van der Waals surface area contributed by atoms with Gasteiger partial charge in [-0.05, 0) is 99.0 Å². The zero-order valence-electron chi connectivity index (χ0n) is 21.2. The van der Waals surface area contributed by atoms with Crippen molar-refractivity contribution in [1.82, 2.24) is 14.9 Å². The van der Waals surface area contributed by atoms with E-state index in [0.717, 1.165) is 67.1 Å². The molecule has 5 nitrogen and oxygen atoms in total. The molecule has 0 fully saturated rings. The van der Waals surface area contributed by atoms with Crippen LogP contribution >= 0.6 is 0 Å². The van der Waals surface area contributed by atoms with E-state index in [0.29, 0.717) is 17.8 Å². The highest BCUT2D eigenvalue weighted by Crippen LogP contribution is 2.42. The van der Waals surface area contributed by atoms with Gasteiger partial charge in [0.25, 0.3) is 0 Å². The fraction of sp³-hybridized carbons (Fsp3) is 0.536. The fourth-order valence-corrected chi connectivity index (χ4v) is 5.68. The average molecular weight is 468 g/mol. The number of methoxy groups -OCH3 is 2. The van der Waals surface area contributed by atoms with Crippen molar-refractivity contribution in [2.45, 2.75) is 51.9 Å². The van der Waals surface area contributed by atoms with Crippen molar-refractivity contribution in [3.05, 3.63) is 53.1 Å². The molecule has 0 saturated carbocycles. The van der Waals surface area contributed by atoms with Gasteiger partial charge in [0.2, 0.25) is 0 Å². The Kier molecular flexibility index (Phi) is 7.77. The first-order chi connectivity index (χ1) is 16.4. The zero-order valence-corrected chi connectivity index (χ0v) is 21.2. The first-order valence-electron chi connectivity index (χ1n) is 12.5. The molecular formula is C28H38FN3O2. The predicted octanol–water partition coefficient (Wildman–Crippen LogP) is 5.98. The monoisotopic (exact) mass is 467 g/mol. The molecule has 0 aliphatic heterocycles. The largest absolute Gasteiger partial charge is 0.494 e. The van der Waals surface area contributed by atoms with E-state index < -0.39 is 0 Å². The number of ether oxygens (including phenoxy) is 2. The summed E-state index contributed by atoms with van der Waals surface area (Å²) < 4.78 is 24.7. The highest BCUT2D eigenvalue weighted by molar-refractivity contribution is 5.87. The molecule has 1 N–H and O–H groups in total. The van der Waals surface area contributed by atoms with Gasteiger partial charge in [-0.1, -0.05) is 19.9 Å². The summed E-state index contributed by atoms with van der Waals surface area (Å²) >= 11 is 0. The van der Waals surface area contributed by atoms with Gasteiger partial charge in [0.15, 0.2) is 0 Å². The van der Waals surface area contributed by atoms with E-state index >= 15 is 0 Å². The highest BCUT2D eigenvalue weighted by atomic mass is 19.1. The van der Waals surface area contributed by atoms with Crippen molar-refractivity contribution in [1.29, 1.82) is 0 Å². The minimum absolute atomic E-state index is 0.110. The summed E-state index contributed by atoms with van der Waals surface area (Å²) in [6.07, 6.45) is 5.22. The lowest BCUT2D eigenvalue weighted by Crippen LogP contribution is -2.29. The van der Waals surface area contributed by atoms with Crippen molar-refractivity contribution in [2.75, 3.05) is 34.4 Å². The third kappa shape index (κ3) is 5.22. The molecule has 0 radical (unpaired) electrons. The summed E-state index contributed by atoms with van der Waals surface area (Å²) in [5.41, 5.74) is 4.29. The molecule has 0 bridgehead atoms. The Bertz CT molecular complexity index is 1070. The number of nitrogens with one attached hydrogen (secondary N) is 1. The van der Waals surface area contributed by atoms with Crippen LogP contribution in [0.5, 0.6) is 11.5 Å².